The number of aryl methyl sites for hydroxylation is 1. The summed E-state index contributed by atoms with van der Waals surface area (Å²) in [7, 11) is 0. The van der Waals surface area contributed by atoms with E-state index >= 15 is 0 Å². The Balaban J connectivity index is 1.84. The number of halogens is 1. The molecule has 1 aromatic heterocycles. The summed E-state index contributed by atoms with van der Waals surface area (Å²) in [6, 6.07) is 15.5. The smallest absolute Gasteiger partial charge is 0.300 e. The van der Waals surface area contributed by atoms with E-state index in [0.717, 1.165) is 27.1 Å². The molecule has 0 bridgehead atoms. The highest BCUT2D eigenvalue weighted by Crippen LogP contribution is 2.44. The van der Waals surface area contributed by atoms with E-state index in [1.807, 2.05) is 43.5 Å². The number of nitrogens with zero attached hydrogens (tertiary/aromatic N) is 1. The molecule has 164 valence electrons. The molecular weight excluding hydrogens is 490 g/mol. The zero-order valence-corrected chi connectivity index (χ0v) is 20.1. The van der Waals surface area contributed by atoms with E-state index in [-0.39, 0.29) is 11.3 Å². The lowest BCUT2D eigenvalue weighted by Crippen LogP contribution is -2.29. The van der Waals surface area contributed by atoms with Gasteiger partial charge in [-0.05, 0) is 66.8 Å². The summed E-state index contributed by atoms with van der Waals surface area (Å²) in [5.74, 6) is -0.829. The van der Waals surface area contributed by atoms with Gasteiger partial charge in [0.1, 0.15) is 17.6 Å². The average molecular weight is 512 g/mol. The van der Waals surface area contributed by atoms with E-state index < -0.39 is 17.7 Å². The lowest BCUT2D eigenvalue weighted by atomic mass is 9.98. The fourth-order valence-corrected chi connectivity index (χ4v) is 4.98. The molecule has 0 aliphatic carbocycles. The average Bonchev–Trinajstić information content (AvgIpc) is 3.39. The van der Waals surface area contributed by atoms with Crippen molar-refractivity contribution in [3.8, 4) is 5.75 Å². The molecule has 3 aromatic rings. The number of carbonyl (C=O) groups is 2. The zero-order valence-electron chi connectivity index (χ0n) is 17.7. The maximum absolute atomic E-state index is 13.1. The van der Waals surface area contributed by atoms with Crippen LogP contribution in [-0.2, 0) is 9.59 Å². The lowest BCUT2D eigenvalue weighted by Gasteiger charge is -2.24. The van der Waals surface area contributed by atoms with Gasteiger partial charge >= 0.3 is 0 Å². The van der Waals surface area contributed by atoms with Crippen molar-refractivity contribution in [2.45, 2.75) is 26.3 Å². The third-order valence-corrected chi connectivity index (χ3v) is 6.67. The van der Waals surface area contributed by atoms with Crippen LogP contribution in [0, 0.1) is 6.92 Å². The highest BCUT2D eigenvalue weighted by atomic mass is 79.9. The van der Waals surface area contributed by atoms with Crippen LogP contribution in [0.5, 0.6) is 5.75 Å². The second-order valence-corrected chi connectivity index (χ2v) is 9.39. The standard InChI is InChI=1S/C25H22BrNO4S/c1-3-11-31-19-10-9-16(13-15(19)2)23(28)21-22(20-8-5-12-32-20)27(25(30)24(21)29)18-7-4-6-17(26)14-18/h4-10,12-14,22,28H,3,11H2,1-2H3/b23-21-. The van der Waals surface area contributed by atoms with E-state index in [9.17, 15) is 14.7 Å². The van der Waals surface area contributed by atoms with Gasteiger partial charge in [-0.15, -0.1) is 11.3 Å². The largest absolute Gasteiger partial charge is 0.507 e. The Hall–Kier alpha value is -2.90. The molecule has 2 aromatic carbocycles. The topological polar surface area (TPSA) is 66.8 Å². The molecule has 1 atom stereocenters. The predicted octanol–water partition coefficient (Wildman–Crippen LogP) is 6.23. The summed E-state index contributed by atoms with van der Waals surface area (Å²) in [6.45, 7) is 4.52. The Morgan fingerprint density at radius 3 is 2.62 bits per heavy atom. The second kappa shape index (κ2) is 9.30. The monoisotopic (exact) mass is 511 g/mol. The predicted molar refractivity (Wildman–Crippen MR) is 130 cm³/mol. The van der Waals surface area contributed by atoms with Gasteiger partial charge in [0.25, 0.3) is 11.7 Å². The van der Waals surface area contributed by atoms with E-state index in [4.69, 9.17) is 4.74 Å². The minimum absolute atomic E-state index is 0.0825. The second-order valence-electron chi connectivity index (χ2n) is 7.49. The van der Waals surface area contributed by atoms with Crippen molar-refractivity contribution in [1.29, 1.82) is 0 Å². The number of hydrogen-bond donors (Lipinski definition) is 1. The SMILES string of the molecule is CCCOc1ccc(/C(O)=C2/C(=O)C(=O)N(c3cccc(Br)c3)C2c2cccs2)cc1C. The summed E-state index contributed by atoms with van der Waals surface area (Å²) in [4.78, 5) is 28.5. The first-order chi connectivity index (χ1) is 15.4. The number of anilines is 1. The fourth-order valence-electron chi connectivity index (χ4n) is 3.77. The van der Waals surface area contributed by atoms with Gasteiger partial charge in [-0.3, -0.25) is 14.5 Å². The van der Waals surface area contributed by atoms with E-state index in [2.05, 4.69) is 15.9 Å². The van der Waals surface area contributed by atoms with Crippen LogP contribution in [-0.4, -0.2) is 23.4 Å². The highest BCUT2D eigenvalue weighted by molar-refractivity contribution is 9.10. The molecule has 32 heavy (non-hydrogen) atoms. The van der Waals surface area contributed by atoms with Crippen molar-refractivity contribution in [2.24, 2.45) is 0 Å². The van der Waals surface area contributed by atoms with Crippen molar-refractivity contribution < 1.29 is 19.4 Å². The molecule has 1 aliphatic heterocycles. The number of benzene rings is 2. The molecule has 0 saturated carbocycles. The molecule has 1 N–H and O–H groups in total. The zero-order chi connectivity index (χ0) is 22.8. The Morgan fingerprint density at radius 2 is 1.97 bits per heavy atom. The summed E-state index contributed by atoms with van der Waals surface area (Å²) >= 11 is 4.87. The number of thiophene rings is 1. The summed E-state index contributed by atoms with van der Waals surface area (Å²) < 4.78 is 6.51. The van der Waals surface area contributed by atoms with Gasteiger partial charge in [0.05, 0.1) is 12.2 Å². The summed E-state index contributed by atoms with van der Waals surface area (Å²) in [5, 5.41) is 13.1. The fraction of sp³-hybridized carbons (Fsp3) is 0.200. The van der Waals surface area contributed by atoms with E-state index in [0.29, 0.717) is 17.9 Å². The van der Waals surface area contributed by atoms with E-state index in [1.54, 1.807) is 30.3 Å². The number of ether oxygens (including phenoxy) is 1. The molecule has 0 spiro atoms. The number of aliphatic hydroxyl groups is 1. The molecule has 1 aliphatic rings. The molecular formula is C25H22BrNO4S. The molecule has 2 heterocycles. The number of rotatable bonds is 6. The first-order valence-electron chi connectivity index (χ1n) is 10.3. The van der Waals surface area contributed by atoms with Crippen molar-refractivity contribution in [2.75, 3.05) is 11.5 Å². The van der Waals surface area contributed by atoms with Gasteiger partial charge in [-0.1, -0.05) is 35.0 Å². The van der Waals surface area contributed by atoms with Gasteiger partial charge in [0, 0.05) is 20.6 Å². The first-order valence-corrected chi connectivity index (χ1v) is 11.9. The molecule has 1 saturated heterocycles. The van der Waals surface area contributed by atoms with Crippen LogP contribution >= 0.6 is 27.3 Å². The van der Waals surface area contributed by atoms with Crippen molar-refractivity contribution >= 4 is 50.4 Å². The molecule has 5 nitrogen and oxygen atoms in total. The lowest BCUT2D eigenvalue weighted by molar-refractivity contribution is -0.132. The van der Waals surface area contributed by atoms with Gasteiger partial charge in [0.15, 0.2) is 0 Å². The Labute approximate surface area is 199 Å². The minimum atomic E-state index is -0.708. The van der Waals surface area contributed by atoms with Crippen molar-refractivity contribution in [1.82, 2.24) is 0 Å². The van der Waals surface area contributed by atoms with Gasteiger partial charge < -0.3 is 9.84 Å². The molecule has 4 rings (SSSR count). The van der Waals surface area contributed by atoms with Crippen molar-refractivity contribution in [3.05, 3.63) is 86.0 Å². The molecule has 1 fully saturated rings. The number of carbonyl (C=O) groups excluding carboxylic acids is 2. The first kappa shape index (κ1) is 22.3. The van der Waals surface area contributed by atoms with Crippen LogP contribution in [0.25, 0.3) is 5.76 Å². The maximum atomic E-state index is 13.1. The molecule has 7 heteroatoms. The van der Waals surface area contributed by atoms with Crippen LogP contribution in [0.2, 0.25) is 0 Å². The molecule has 1 amide bonds. The van der Waals surface area contributed by atoms with Gasteiger partial charge in [-0.25, -0.2) is 0 Å². The van der Waals surface area contributed by atoms with Gasteiger partial charge in [0.2, 0.25) is 0 Å². The third kappa shape index (κ3) is 4.10. The quantitative estimate of drug-likeness (QED) is 0.242. The van der Waals surface area contributed by atoms with Crippen molar-refractivity contribution in [3.63, 3.8) is 0 Å². The van der Waals surface area contributed by atoms with E-state index in [1.165, 1.54) is 16.2 Å². The normalized spacial score (nSPS) is 17.7. The number of hydrogen-bond acceptors (Lipinski definition) is 5. The number of amides is 1. The highest BCUT2D eigenvalue weighted by Gasteiger charge is 2.47. The Morgan fingerprint density at radius 1 is 1.16 bits per heavy atom. The third-order valence-electron chi connectivity index (χ3n) is 5.25. The number of ketones is 1. The molecule has 0 radical (unpaired) electrons. The minimum Gasteiger partial charge on any atom is -0.507 e. The van der Waals surface area contributed by atoms with Crippen LogP contribution in [0.1, 0.15) is 35.4 Å². The Bertz CT molecular complexity index is 1200. The maximum Gasteiger partial charge on any atom is 0.300 e. The van der Waals surface area contributed by atoms with Crippen LogP contribution in [0.4, 0.5) is 5.69 Å². The van der Waals surface area contributed by atoms with Crippen LogP contribution in [0.15, 0.2) is 70.0 Å². The van der Waals surface area contributed by atoms with Crippen LogP contribution < -0.4 is 9.64 Å². The summed E-state index contributed by atoms with van der Waals surface area (Å²) in [5.41, 5.74) is 1.98. The molecule has 1 unspecified atom stereocenters. The summed E-state index contributed by atoms with van der Waals surface area (Å²) in [6.07, 6.45) is 0.890. The number of aliphatic hydroxyl groups excluding tert-OH is 1. The Kier molecular flexibility index (Phi) is 6.48. The van der Waals surface area contributed by atoms with Crippen LogP contribution in [0.3, 0.4) is 0 Å². The van der Waals surface area contributed by atoms with Gasteiger partial charge in [-0.2, -0.15) is 0 Å². The number of Topliss-reactive ketones (excluding diaryl/α,β-unsaturated/α-hetero) is 1.